The van der Waals surface area contributed by atoms with Crippen molar-refractivity contribution < 1.29 is 13.2 Å². The molecule has 0 radical (unpaired) electrons. The van der Waals surface area contributed by atoms with Crippen molar-refractivity contribution in [3.05, 3.63) is 107 Å². The van der Waals surface area contributed by atoms with Crippen LogP contribution >= 0.6 is 0 Å². The molecule has 5 heteroatoms. The van der Waals surface area contributed by atoms with Gasteiger partial charge in [0.1, 0.15) is 0 Å². The summed E-state index contributed by atoms with van der Waals surface area (Å²) in [6, 6.07) is 28.1. The molecule has 1 saturated heterocycles. The first-order valence-corrected chi connectivity index (χ1v) is 13.2. The van der Waals surface area contributed by atoms with Gasteiger partial charge in [-0.2, -0.15) is 13.2 Å². The van der Waals surface area contributed by atoms with E-state index in [1.54, 1.807) is 12.1 Å². The zero-order chi connectivity index (χ0) is 24.7. The number of halogens is 3. The first kappa shape index (κ1) is 23.7. The van der Waals surface area contributed by atoms with Gasteiger partial charge in [-0.25, -0.2) is 0 Å². The van der Waals surface area contributed by atoms with Crippen molar-refractivity contribution in [3.63, 3.8) is 0 Å². The molecule has 188 valence electrons. The molecule has 1 heterocycles. The molecule has 3 aromatic carbocycles. The van der Waals surface area contributed by atoms with Crippen molar-refractivity contribution in [1.82, 2.24) is 10.6 Å². The Hall–Kier alpha value is -2.63. The van der Waals surface area contributed by atoms with E-state index in [-0.39, 0.29) is 18.0 Å². The van der Waals surface area contributed by atoms with Crippen LogP contribution in [0, 0.1) is 17.8 Å². The minimum Gasteiger partial charge on any atom is -0.308 e. The highest BCUT2D eigenvalue weighted by Crippen LogP contribution is 2.53. The fourth-order valence-corrected chi connectivity index (χ4v) is 7.48. The van der Waals surface area contributed by atoms with Crippen molar-refractivity contribution in [2.45, 2.75) is 62.4 Å². The van der Waals surface area contributed by atoms with Crippen LogP contribution in [0.5, 0.6) is 0 Å². The third-order valence-electron chi connectivity index (χ3n) is 8.93. The monoisotopic (exact) mass is 490 g/mol. The van der Waals surface area contributed by atoms with Crippen molar-refractivity contribution >= 4 is 0 Å². The zero-order valence-corrected chi connectivity index (χ0v) is 20.3. The summed E-state index contributed by atoms with van der Waals surface area (Å²) in [4.78, 5) is 0. The third kappa shape index (κ3) is 4.48. The molecule has 2 saturated carbocycles. The molecular formula is C31H33F3N2. The molecule has 2 nitrogen and oxygen atoms in total. The minimum atomic E-state index is -4.31. The van der Waals surface area contributed by atoms with Crippen LogP contribution in [0.1, 0.15) is 53.9 Å². The fraction of sp³-hybridized carbons (Fsp3) is 0.419. The van der Waals surface area contributed by atoms with Crippen LogP contribution in [0.25, 0.3) is 0 Å². The van der Waals surface area contributed by atoms with E-state index in [1.165, 1.54) is 48.9 Å². The Morgan fingerprint density at radius 2 is 1.47 bits per heavy atom. The Morgan fingerprint density at radius 3 is 2.08 bits per heavy atom. The van der Waals surface area contributed by atoms with Crippen LogP contribution in [0.2, 0.25) is 0 Å². The first-order valence-electron chi connectivity index (χ1n) is 13.2. The molecule has 3 aliphatic rings. The van der Waals surface area contributed by atoms with Crippen molar-refractivity contribution in [2.24, 2.45) is 17.8 Å². The van der Waals surface area contributed by atoms with Gasteiger partial charge in [0.2, 0.25) is 0 Å². The van der Waals surface area contributed by atoms with Gasteiger partial charge >= 0.3 is 6.18 Å². The Balaban J connectivity index is 1.33. The lowest BCUT2D eigenvalue weighted by Crippen LogP contribution is -2.63. The largest absolute Gasteiger partial charge is 0.416 e. The van der Waals surface area contributed by atoms with E-state index in [0.29, 0.717) is 30.3 Å². The van der Waals surface area contributed by atoms with Gasteiger partial charge in [-0.15, -0.1) is 0 Å². The molecule has 6 atom stereocenters. The van der Waals surface area contributed by atoms with Crippen molar-refractivity contribution in [1.29, 1.82) is 0 Å². The maximum atomic E-state index is 13.1. The maximum Gasteiger partial charge on any atom is 0.416 e. The molecule has 3 unspecified atom stereocenters. The Morgan fingerprint density at radius 1 is 0.833 bits per heavy atom. The van der Waals surface area contributed by atoms with E-state index in [1.807, 2.05) is 0 Å². The van der Waals surface area contributed by atoms with Gasteiger partial charge in [-0.1, -0.05) is 85.6 Å². The van der Waals surface area contributed by atoms with Gasteiger partial charge in [0.15, 0.2) is 0 Å². The van der Waals surface area contributed by atoms with Gasteiger partial charge in [-0.05, 0) is 59.4 Å². The van der Waals surface area contributed by atoms with E-state index < -0.39 is 11.7 Å². The van der Waals surface area contributed by atoms with Gasteiger partial charge in [0.05, 0.1) is 5.56 Å². The summed E-state index contributed by atoms with van der Waals surface area (Å²) < 4.78 is 39.2. The Labute approximate surface area is 211 Å². The number of piperidine rings is 1. The van der Waals surface area contributed by atoms with Crippen LogP contribution in [-0.4, -0.2) is 18.1 Å². The fourth-order valence-electron chi connectivity index (χ4n) is 7.48. The molecule has 6 rings (SSSR count). The number of nitrogens with one attached hydrogen (secondary N) is 2. The predicted molar refractivity (Wildman–Crippen MR) is 136 cm³/mol. The van der Waals surface area contributed by atoms with Gasteiger partial charge in [-0.3, -0.25) is 0 Å². The molecule has 0 spiro atoms. The number of rotatable bonds is 6. The molecule has 2 N–H and O–H groups in total. The van der Waals surface area contributed by atoms with Crippen molar-refractivity contribution in [2.75, 3.05) is 0 Å². The summed E-state index contributed by atoms with van der Waals surface area (Å²) in [5.41, 5.74) is 2.90. The molecule has 1 aliphatic heterocycles. The van der Waals surface area contributed by atoms with E-state index in [9.17, 15) is 13.2 Å². The molecule has 0 aromatic heterocycles. The predicted octanol–water partition coefficient (Wildman–Crippen LogP) is 6.77. The molecule has 4 bridgehead atoms. The summed E-state index contributed by atoms with van der Waals surface area (Å²) >= 11 is 0. The van der Waals surface area contributed by atoms with E-state index in [2.05, 4.69) is 71.3 Å². The number of benzene rings is 3. The molecule has 3 fully saturated rings. The number of hydrogen-bond donors (Lipinski definition) is 2. The molecule has 2 aliphatic carbocycles. The Bertz CT molecular complexity index is 1110. The minimum absolute atomic E-state index is 0.196. The lowest BCUT2D eigenvalue weighted by Gasteiger charge is -2.49. The second-order valence-electron chi connectivity index (χ2n) is 10.9. The summed E-state index contributed by atoms with van der Waals surface area (Å²) in [5.74, 6) is 2.18. The second kappa shape index (κ2) is 9.68. The highest BCUT2D eigenvalue weighted by molar-refractivity contribution is 5.36. The number of alkyl halides is 3. The van der Waals surface area contributed by atoms with Gasteiger partial charge < -0.3 is 10.6 Å². The van der Waals surface area contributed by atoms with Crippen LogP contribution in [0.3, 0.4) is 0 Å². The summed E-state index contributed by atoms with van der Waals surface area (Å²) in [6.45, 7) is 0.567. The molecule has 36 heavy (non-hydrogen) atoms. The summed E-state index contributed by atoms with van der Waals surface area (Å²) in [7, 11) is 0. The summed E-state index contributed by atoms with van der Waals surface area (Å²) in [5, 5.41) is 8.00. The lowest BCUT2D eigenvalue weighted by atomic mass is 9.66. The van der Waals surface area contributed by atoms with E-state index in [4.69, 9.17) is 0 Å². The maximum absolute atomic E-state index is 13.1. The molecular weight excluding hydrogens is 457 g/mol. The van der Waals surface area contributed by atoms with Gasteiger partial charge in [0, 0.05) is 30.6 Å². The molecule has 3 aromatic rings. The number of hydrogen-bond acceptors (Lipinski definition) is 2. The highest BCUT2D eigenvalue weighted by atomic mass is 19.4. The quantitative estimate of drug-likeness (QED) is 0.398. The average Bonchev–Trinajstić information content (AvgIpc) is 3.02. The van der Waals surface area contributed by atoms with Crippen molar-refractivity contribution in [3.8, 4) is 0 Å². The molecule has 0 amide bonds. The van der Waals surface area contributed by atoms with Crippen LogP contribution < -0.4 is 10.6 Å². The van der Waals surface area contributed by atoms with Crippen LogP contribution in [-0.2, 0) is 12.7 Å². The highest BCUT2D eigenvalue weighted by Gasteiger charge is 2.55. The third-order valence-corrected chi connectivity index (χ3v) is 8.93. The lowest BCUT2D eigenvalue weighted by molar-refractivity contribution is -0.137. The Kier molecular flexibility index (Phi) is 6.38. The van der Waals surface area contributed by atoms with Crippen LogP contribution in [0.4, 0.5) is 13.2 Å². The topological polar surface area (TPSA) is 24.1 Å². The second-order valence-corrected chi connectivity index (χ2v) is 10.9. The van der Waals surface area contributed by atoms with E-state index >= 15 is 0 Å². The normalized spacial score (nSPS) is 29.4. The average molecular weight is 491 g/mol. The van der Waals surface area contributed by atoms with Crippen LogP contribution in [0.15, 0.2) is 84.9 Å². The SMILES string of the molecule is FC(F)(F)c1ccc(CNC2C(C(c3ccccc3)c3ccccc3)N[C@H]3C[C@H]4CCC[C@H]3C24)cc1. The first-order chi connectivity index (χ1) is 17.5. The summed E-state index contributed by atoms with van der Waals surface area (Å²) in [6.07, 6.45) is 0.790. The van der Waals surface area contributed by atoms with E-state index in [0.717, 1.165) is 5.56 Å². The standard InChI is InChI=1S/C31H33F3N2/c32-31(33,34)24-16-14-20(15-17-24)19-35-29-28-23-12-7-13-25(28)26(18-23)36-30(29)27(21-8-3-1-4-9-21)22-10-5-2-6-11-22/h1-6,8-11,14-17,23,25-30,35-36H,7,12-13,18-19H2/t23-,25-,26+,28?,29?,30?/m1/s1. The smallest absolute Gasteiger partial charge is 0.308 e. The zero-order valence-electron chi connectivity index (χ0n) is 20.3. The van der Waals surface area contributed by atoms with Gasteiger partial charge in [0.25, 0.3) is 0 Å².